The lowest BCUT2D eigenvalue weighted by molar-refractivity contribution is 0.433. The van der Waals surface area contributed by atoms with E-state index in [1.54, 1.807) is 25.1 Å². The standard InChI is InChI=1S/C17H15FN2O/c1-10-6-3-4-8-12(10)14-16(21-20-17(14)19)13-9-5-7-11(2)15(13)18/h3-9H,1-2H3,(H2,19,20). The van der Waals surface area contributed by atoms with Crippen LogP contribution in [0.1, 0.15) is 11.1 Å². The number of aromatic nitrogens is 1. The quantitative estimate of drug-likeness (QED) is 0.760. The van der Waals surface area contributed by atoms with Crippen molar-refractivity contribution < 1.29 is 8.91 Å². The highest BCUT2D eigenvalue weighted by Gasteiger charge is 2.21. The molecule has 0 unspecified atom stereocenters. The van der Waals surface area contributed by atoms with E-state index in [-0.39, 0.29) is 11.6 Å². The molecule has 0 aliphatic carbocycles. The molecule has 0 atom stereocenters. The zero-order valence-electron chi connectivity index (χ0n) is 11.9. The van der Waals surface area contributed by atoms with E-state index in [0.717, 1.165) is 11.1 Å². The predicted molar refractivity (Wildman–Crippen MR) is 81.2 cm³/mol. The summed E-state index contributed by atoms with van der Waals surface area (Å²) in [7, 11) is 0. The Labute approximate surface area is 122 Å². The lowest BCUT2D eigenvalue weighted by Gasteiger charge is -2.07. The zero-order valence-corrected chi connectivity index (χ0v) is 11.9. The first-order valence-corrected chi connectivity index (χ1v) is 6.66. The molecule has 1 heterocycles. The van der Waals surface area contributed by atoms with Gasteiger partial charge >= 0.3 is 0 Å². The molecule has 3 rings (SSSR count). The van der Waals surface area contributed by atoms with Gasteiger partial charge in [-0.15, -0.1) is 0 Å². The fourth-order valence-electron chi connectivity index (χ4n) is 2.42. The normalized spacial score (nSPS) is 10.8. The molecule has 0 radical (unpaired) electrons. The number of hydrogen-bond donors (Lipinski definition) is 1. The van der Waals surface area contributed by atoms with Gasteiger partial charge in [0.1, 0.15) is 5.82 Å². The molecule has 0 amide bonds. The van der Waals surface area contributed by atoms with Crippen LogP contribution in [0.3, 0.4) is 0 Å². The Morgan fingerprint density at radius 2 is 1.62 bits per heavy atom. The fourth-order valence-corrected chi connectivity index (χ4v) is 2.42. The highest BCUT2D eigenvalue weighted by Crippen LogP contribution is 2.39. The molecule has 3 aromatic rings. The van der Waals surface area contributed by atoms with E-state index < -0.39 is 0 Å². The number of nitrogens with two attached hydrogens (primary N) is 1. The van der Waals surface area contributed by atoms with E-state index in [1.165, 1.54) is 0 Å². The largest absolute Gasteiger partial charge is 0.380 e. The highest BCUT2D eigenvalue weighted by atomic mass is 19.1. The van der Waals surface area contributed by atoms with Gasteiger partial charge in [-0.2, -0.15) is 0 Å². The third-order valence-corrected chi connectivity index (χ3v) is 3.57. The molecule has 0 spiro atoms. The van der Waals surface area contributed by atoms with E-state index in [4.69, 9.17) is 10.3 Å². The van der Waals surface area contributed by atoms with Crippen molar-refractivity contribution in [1.82, 2.24) is 5.16 Å². The first-order valence-electron chi connectivity index (χ1n) is 6.66. The molecule has 106 valence electrons. The summed E-state index contributed by atoms with van der Waals surface area (Å²) >= 11 is 0. The molecule has 0 bridgehead atoms. The minimum atomic E-state index is -0.316. The number of benzene rings is 2. The SMILES string of the molecule is Cc1ccccc1-c1c(N)noc1-c1cccc(C)c1F. The van der Waals surface area contributed by atoms with Crippen molar-refractivity contribution in [2.24, 2.45) is 0 Å². The molecule has 1 aromatic heterocycles. The molecule has 0 saturated carbocycles. The summed E-state index contributed by atoms with van der Waals surface area (Å²) in [5, 5.41) is 3.82. The van der Waals surface area contributed by atoms with Gasteiger partial charge in [0.15, 0.2) is 11.6 Å². The Morgan fingerprint density at radius 1 is 0.952 bits per heavy atom. The Bertz CT molecular complexity index is 808. The van der Waals surface area contributed by atoms with Crippen LogP contribution >= 0.6 is 0 Å². The molecule has 2 aromatic carbocycles. The van der Waals surface area contributed by atoms with Crippen molar-refractivity contribution in [3.05, 3.63) is 59.4 Å². The minimum absolute atomic E-state index is 0.264. The Kier molecular flexibility index (Phi) is 3.22. The van der Waals surface area contributed by atoms with Crippen LogP contribution in [0.4, 0.5) is 10.2 Å². The third kappa shape index (κ3) is 2.18. The molecule has 2 N–H and O–H groups in total. The average Bonchev–Trinajstić information content (AvgIpc) is 2.84. The van der Waals surface area contributed by atoms with Crippen LogP contribution < -0.4 is 5.73 Å². The molecule has 0 aliphatic heterocycles. The number of hydrogen-bond acceptors (Lipinski definition) is 3. The molecule has 21 heavy (non-hydrogen) atoms. The van der Waals surface area contributed by atoms with Crippen LogP contribution in [0.5, 0.6) is 0 Å². The first-order chi connectivity index (χ1) is 10.1. The van der Waals surface area contributed by atoms with Crippen LogP contribution in [0.25, 0.3) is 22.5 Å². The maximum atomic E-state index is 14.4. The van der Waals surface area contributed by atoms with Gasteiger partial charge in [0.2, 0.25) is 0 Å². The number of halogens is 1. The maximum Gasteiger partial charge on any atom is 0.179 e. The lowest BCUT2D eigenvalue weighted by atomic mass is 9.97. The summed E-state index contributed by atoms with van der Waals surface area (Å²) in [6.45, 7) is 3.68. The molecule has 0 fully saturated rings. The van der Waals surface area contributed by atoms with Gasteiger partial charge in [0.05, 0.1) is 11.1 Å². The van der Waals surface area contributed by atoms with Crippen molar-refractivity contribution in [1.29, 1.82) is 0 Å². The predicted octanol–water partition coefficient (Wildman–Crippen LogP) is 4.35. The fraction of sp³-hybridized carbons (Fsp3) is 0.118. The van der Waals surface area contributed by atoms with E-state index in [1.807, 2.05) is 31.2 Å². The van der Waals surface area contributed by atoms with Crippen LogP contribution in [0.15, 0.2) is 47.0 Å². The van der Waals surface area contributed by atoms with Crippen molar-refractivity contribution in [3.63, 3.8) is 0 Å². The highest BCUT2D eigenvalue weighted by molar-refractivity contribution is 5.88. The van der Waals surface area contributed by atoms with E-state index in [2.05, 4.69) is 5.16 Å². The van der Waals surface area contributed by atoms with E-state index >= 15 is 0 Å². The second-order valence-corrected chi connectivity index (χ2v) is 5.02. The average molecular weight is 282 g/mol. The lowest BCUT2D eigenvalue weighted by Crippen LogP contribution is -1.93. The summed E-state index contributed by atoms with van der Waals surface area (Å²) in [5.41, 5.74) is 9.43. The Balaban J connectivity index is 2.28. The van der Waals surface area contributed by atoms with Crippen molar-refractivity contribution in [3.8, 4) is 22.5 Å². The van der Waals surface area contributed by atoms with Crippen LogP contribution in [-0.4, -0.2) is 5.16 Å². The minimum Gasteiger partial charge on any atom is -0.380 e. The van der Waals surface area contributed by atoms with Crippen molar-refractivity contribution in [2.75, 3.05) is 5.73 Å². The van der Waals surface area contributed by atoms with Gasteiger partial charge in [0, 0.05) is 0 Å². The van der Waals surface area contributed by atoms with Gasteiger partial charge in [-0.3, -0.25) is 0 Å². The molecular formula is C17H15FN2O. The third-order valence-electron chi connectivity index (χ3n) is 3.57. The maximum absolute atomic E-state index is 14.4. The Hall–Kier alpha value is -2.62. The number of nitrogen functional groups attached to an aromatic ring is 1. The molecule has 4 heteroatoms. The van der Waals surface area contributed by atoms with Crippen molar-refractivity contribution in [2.45, 2.75) is 13.8 Å². The van der Waals surface area contributed by atoms with Gasteiger partial charge in [-0.1, -0.05) is 41.6 Å². The second kappa shape index (κ2) is 5.05. The van der Waals surface area contributed by atoms with Crippen LogP contribution in [-0.2, 0) is 0 Å². The van der Waals surface area contributed by atoms with Gasteiger partial charge in [-0.05, 0) is 36.6 Å². The van der Waals surface area contributed by atoms with E-state index in [0.29, 0.717) is 22.5 Å². The number of nitrogens with zero attached hydrogens (tertiary/aromatic N) is 1. The molecule has 0 saturated heterocycles. The summed E-state index contributed by atoms with van der Waals surface area (Å²) < 4.78 is 19.7. The first kappa shape index (κ1) is 13.4. The zero-order chi connectivity index (χ0) is 15.0. The monoisotopic (exact) mass is 282 g/mol. The summed E-state index contributed by atoms with van der Waals surface area (Å²) in [6.07, 6.45) is 0. The Morgan fingerprint density at radius 3 is 2.38 bits per heavy atom. The van der Waals surface area contributed by atoms with E-state index in [9.17, 15) is 4.39 Å². The molecule has 3 nitrogen and oxygen atoms in total. The molecule has 0 aliphatic rings. The topological polar surface area (TPSA) is 52.0 Å². The smallest absolute Gasteiger partial charge is 0.179 e. The van der Waals surface area contributed by atoms with Crippen LogP contribution in [0.2, 0.25) is 0 Å². The van der Waals surface area contributed by atoms with Gasteiger partial charge in [0.25, 0.3) is 0 Å². The summed E-state index contributed by atoms with van der Waals surface area (Å²) in [4.78, 5) is 0. The van der Waals surface area contributed by atoms with Crippen molar-refractivity contribution >= 4 is 5.82 Å². The van der Waals surface area contributed by atoms with Gasteiger partial charge < -0.3 is 10.3 Å². The summed E-state index contributed by atoms with van der Waals surface area (Å²) in [5.74, 6) is 0.312. The molecular weight excluding hydrogens is 267 g/mol. The number of rotatable bonds is 2. The summed E-state index contributed by atoms with van der Waals surface area (Å²) in [6, 6.07) is 12.9. The van der Waals surface area contributed by atoms with Gasteiger partial charge in [-0.25, -0.2) is 4.39 Å². The van der Waals surface area contributed by atoms with Crippen LogP contribution in [0, 0.1) is 19.7 Å². The number of aryl methyl sites for hydroxylation is 2. The number of anilines is 1. The second-order valence-electron chi connectivity index (χ2n) is 5.02.